The van der Waals surface area contributed by atoms with Crippen LogP contribution in [0.25, 0.3) is 0 Å². The van der Waals surface area contributed by atoms with Crippen molar-refractivity contribution in [1.82, 2.24) is 0 Å². The molecular weight excluding hydrogens is 576 g/mol. The molecule has 3 N–H and O–H groups in total. The molecule has 7 heteroatoms. The summed E-state index contributed by atoms with van der Waals surface area (Å²) in [5.74, 6) is -0.363. The molecule has 0 saturated carbocycles. The maximum absolute atomic E-state index is 13.1. The molecule has 0 amide bonds. The van der Waals surface area contributed by atoms with Gasteiger partial charge in [0.1, 0.15) is 18.4 Å². The van der Waals surface area contributed by atoms with E-state index in [-0.39, 0.29) is 18.0 Å². The van der Waals surface area contributed by atoms with Gasteiger partial charge in [0.05, 0.1) is 0 Å². The van der Waals surface area contributed by atoms with Crippen molar-refractivity contribution in [3.63, 3.8) is 0 Å². The molecule has 0 aliphatic rings. The number of ether oxygens (including phenoxy) is 1. The lowest BCUT2D eigenvalue weighted by molar-refractivity contribution is -0.137. The minimum atomic E-state index is -1.01. The highest BCUT2D eigenvalue weighted by Crippen LogP contribution is 2.23. The van der Waals surface area contributed by atoms with Gasteiger partial charge in [-0.05, 0) is 48.4 Å². The van der Waals surface area contributed by atoms with Crippen molar-refractivity contribution in [3.05, 3.63) is 125 Å². The van der Waals surface area contributed by atoms with Crippen LogP contribution in [0.3, 0.4) is 0 Å². The number of rotatable bonds is 20. The smallest absolute Gasteiger partial charge is 0.326 e. The maximum atomic E-state index is 13.1. The van der Waals surface area contributed by atoms with E-state index >= 15 is 0 Å². The van der Waals surface area contributed by atoms with E-state index in [1.165, 1.54) is 25.7 Å². The molecule has 0 spiro atoms. The first-order chi connectivity index (χ1) is 22.5. The molecule has 0 aliphatic heterocycles. The van der Waals surface area contributed by atoms with E-state index in [2.05, 4.69) is 17.6 Å². The number of benzene rings is 4. The Morgan fingerprint density at radius 2 is 1.35 bits per heavy atom. The number of anilines is 2. The molecule has 0 fully saturated rings. The van der Waals surface area contributed by atoms with Crippen molar-refractivity contribution in [2.45, 2.75) is 64.3 Å². The number of ketones is 2. The molecule has 4 aromatic carbocycles. The molecule has 4 rings (SSSR count). The monoisotopic (exact) mass is 620 g/mol. The zero-order valence-electron chi connectivity index (χ0n) is 26.5. The summed E-state index contributed by atoms with van der Waals surface area (Å²) in [7, 11) is 0. The van der Waals surface area contributed by atoms with Crippen molar-refractivity contribution in [1.29, 1.82) is 0 Å². The third-order valence-corrected chi connectivity index (χ3v) is 7.87. The van der Waals surface area contributed by atoms with Crippen LogP contribution in [0.2, 0.25) is 0 Å². The first-order valence-corrected chi connectivity index (χ1v) is 16.2. The number of nitrogens with one attached hydrogen (secondary N) is 2. The van der Waals surface area contributed by atoms with E-state index in [9.17, 15) is 19.5 Å². The van der Waals surface area contributed by atoms with E-state index in [1.54, 1.807) is 48.5 Å². The Bertz CT molecular complexity index is 1550. The molecule has 1 unspecified atom stereocenters. The lowest BCUT2D eigenvalue weighted by Crippen LogP contribution is -2.32. The Labute approximate surface area is 272 Å². The molecular formula is C39H44N2O5. The lowest BCUT2D eigenvalue weighted by atomic mass is 10.00. The Hall–Kier alpha value is -4.91. The molecule has 0 aliphatic carbocycles. The van der Waals surface area contributed by atoms with Gasteiger partial charge >= 0.3 is 5.97 Å². The maximum Gasteiger partial charge on any atom is 0.326 e. The first kappa shape index (κ1) is 34.0. The predicted octanol–water partition coefficient (Wildman–Crippen LogP) is 8.45. The van der Waals surface area contributed by atoms with Crippen molar-refractivity contribution in [2.75, 3.05) is 23.8 Å². The van der Waals surface area contributed by atoms with Crippen LogP contribution < -0.4 is 15.4 Å². The lowest BCUT2D eigenvalue weighted by Gasteiger charge is -2.18. The van der Waals surface area contributed by atoms with Crippen LogP contribution in [0.15, 0.2) is 103 Å². The number of carboxylic acids is 1. The Morgan fingerprint density at radius 1 is 0.717 bits per heavy atom. The highest BCUT2D eigenvalue weighted by atomic mass is 16.5. The van der Waals surface area contributed by atoms with Crippen molar-refractivity contribution in [3.8, 4) is 5.75 Å². The normalized spacial score (nSPS) is 11.4. The van der Waals surface area contributed by atoms with Gasteiger partial charge in [-0.3, -0.25) is 9.59 Å². The second-order valence-electron chi connectivity index (χ2n) is 11.4. The van der Waals surface area contributed by atoms with Crippen molar-refractivity contribution >= 4 is 28.9 Å². The van der Waals surface area contributed by atoms with Crippen molar-refractivity contribution in [2.24, 2.45) is 0 Å². The van der Waals surface area contributed by atoms with E-state index in [4.69, 9.17) is 4.74 Å². The molecule has 0 aromatic heterocycles. The summed E-state index contributed by atoms with van der Waals surface area (Å²) in [5.41, 5.74) is 3.78. The van der Waals surface area contributed by atoms with Gasteiger partial charge in [-0.25, -0.2) is 4.79 Å². The second kappa shape index (κ2) is 18.2. The third kappa shape index (κ3) is 10.3. The third-order valence-electron chi connectivity index (χ3n) is 7.87. The van der Waals surface area contributed by atoms with Gasteiger partial charge in [-0.15, -0.1) is 0 Å². The molecule has 0 heterocycles. The summed E-state index contributed by atoms with van der Waals surface area (Å²) in [6, 6.07) is 29.9. The van der Waals surface area contributed by atoms with Crippen LogP contribution in [0, 0.1) is 0 Å². The molecule has 240 valence electrons. The topological polar surface area (TPSA) is 105 Å². The van der Waals surface area contributed by atoms with E-state index in [1.807, 2.05) is 54.6 Å². The zero-order chi connectivity index (χ0) is 32.6. The number of carbonyl (C=O) groups is 3. The highest BCUT2D eigenvalue weighted by molar-refractivity contribution is 6.12. The number of hydrogen-bond donors (Lipinski definition) is 3. The highest BCUT2D eigenvalue weighted by Gasteiger charge is 2.21. The summed E-state index contributed by atoms with van der Waals surface area (Å²) < 4.78 is 5.91. The summed E-state index contributed by atoms with van der Waals surface area (Å²) in [5, 5.41) is 16.4. The number of unbranched alkanes of at least 4 members (excludes halogenated alkanes) is 5. The van der Waals surface area contributed by atoms with Crippen LogP contribution in [-0.2, 0) is 11.2 Å². The zero-order valence-corrected chi connectivity index (χ0v) is 26.5. The van der Waals surface area contributed by atoms with Crippen LogP contribution in [0.4, 0.5) is 11.4 Å². The Kier molecular flexibility index (Phi) is 13.4. The number of carboxylic acid groups (broad SMARTS) is 1. The molecule has 7 nitrogen and oxygen atoms in total. The minimum Gasteiger partial charge on any atom is -0.492 e. The van der Waals surface area contributed by atoms with Crippen LogP contribution >= 0.6 is 0 Å². The van der Waals surface area contributed by atoms with Gasteiger partial charge in [-0.2, -0.15) is 0 Å². The Balaban J connectivity index is 1.27. The van der Waals surface area contributed by atoms with Crippen LogP contribution in [0.5, 0.6) is 5.75 Å². The molecule has 0 radical (unpaired) electrons. The van der Waals surface area contributed by atoms with E-state index in [0.29, 0.717) is 47.7 Å². The molecule has 1 atom stereocenters. The number of Topliss-reactive ketones (excluding diaryl/α,β-unsaturated/α-hetero) is 1. The van der Waals surface area contributed by atoms with E-state index < -0.39 is 12.0 Å². The number of hydrogen-bond acceptors (Lipinski definition) is 6. The van der Waals surface area contributed by atoms with Crippen LogP contribution in [-0.4, -0.2) is 41.8 Å². The largest absolute Gasteiger partial charge is 0.492 e. The number of aliphatic carboxylic acids is 1. The quantitative estimate of drug-likeness (QED) is 0.0673. The van der Waals surface area contributed by atoms with E-state index in [0.717, 1.165) is 24.1 Å². The SMILES string of the molecule is CCCCCCCCC(=O)c1ccccc1NCCOc1ccc(CC(Nc2ccccc2C(=O)c2ccccc2)C(=O)O)cc1. The fourth-order valence-corrected chi connectivity index (χ4v) is 5.33. The molecule has 4 aromatic rings. The summed E-state index contributed by atoms with van der Waals surface area (Å²) in [6.07, 6.45) is 7.67. The summed E-state index contributed by atoms with van der Waals surface area (Å²) in [4.78, 5) is 38.1. The van der Waals surface area contributed by atoms with Gasteiger partial charge in [0.15, 0.2) is 11.6 Å². The number of carbonyl (C=O) groups excluding carboxylic acids is 2. The molecule has 0 saturated heterocycles. The van der Waals surface area contributed by atoms with Gasteiger partial charge in [0.25, 0.3) is 0 Å². The van der Waals surface area contributed by atoms with Gasteiger partial charge in [0, 0.05) is 47.5 Å². The average molecular weight is 621 g/mol. The fraction of sp³-hybridized carbons (Fsp3) is 0.308. The van der Waals surface area contributed by atoms with Gasteiger partial charge in [0.2, 0.25) is 0 Å². The van der Waals surface area contributed by atoms with Gasteiger partial charge < -0.3 is 20.5 Å². The average Bonchev–Trinajstić information content (AvgIpc) is 3.09. The first-order valence-electron chi connectivity index (χ1n) is 16.2. The number of para-hydroxylation sites is 2. The molecule has 46 heavy (non-hydrogen) atoms. The summed E-state index contributed by atoms with van der Waals surface area (Å²) in [6.45, 7) is 3.12. The fourth-order valence-electron chi connectivity index (χ4n) is 5.33. The summed E-state index contributed by atoms with van der Waals surface area (Å²) >= 11 is 0. The van der Waals surface area contributed by atoms with Crippen molar-refractivity contribution < 1.29 is 24.2 Å². The van der Waals surface area contributed by atoms with Gasteiger partial charge in [-0.1, -0.05) is 106 Å². The molecule has 0 bridgehead atoms. The predicted molar refractivity (Wildman–Crippen MR) is 184 cm³/mol. The second-order valence-corrected chi connectivity index (χ2v) is 11.4. The minimum absolute atomic E-state index is 0.163. The Morgan fingerprint density at radius 3 is 2.07 bits per heavy atom. The standard InChI is InChI=1S/C39H44N2O5/c1-2-3-4-5-6-10-21-37(42)32-17-11-13-19-34(32)40-26-27-46-31-24-22-29(23-25-31)28-36(39(44)45)41-35-20-14-12-18-33(35)38(43)30-15-8-7-9-16-30/h7-9,11-20,22-25,36,40-41H,2-6,10,21,26-28H2,1H3,(H,44,45). The van der Waals surface area contributed by atoms with Crippen LogP contribution in [0.1, 0.15) is 83.7 Å².